The van der Waals surface area contributed by atoms with E-state index in [-0.39, 0.29) is 11.5 Å². The second-order valence-electron chi connectivity index (χ2n) is 5.02. The molecule has 0 saturated carbocycles. The molecule has 0 heterocycles. The first-order valence-electron chi connectivity index (χ1n) is 6.04. The third kappa shape index (κ3) is 3.01. The summed E-state index contributed by atoms with van der Waals surface area (Å²) in [4.78, 5) is 12.0. The molecule has 2 N–H and O–H groups in total. The van der Waals surface area contributed by atoms with Crippen molar-refractivity contribution in [2.24, 2.45) is 0 Å². The zero-order valence-electron chi connectivity index (χ0n) is 10.9. The SMILES string of the molecule is CC(C)(O)C(=O)c1cccc(-c2ccc(O)cc2)c1. The van der Waals surface area contributed by atoms with E-state index in [0.29, 0.717) is 5.56 Å². The van der Waals surface area contributed by atoms with Gasteiger partial charge in [-0.3, -0.25) is 4.79 Å². The average Bonchev–Trinajstić information content (AvgIpc) is 2.38. The van der Waals surface area contributed by atoms with E-state index in [1.54, 1.807) is 42.5 Å². The van der Waals surface area contributed by atoms with Gasteiger partial charge in [-0.1, -0.05) is 30.3 Å². The van der Waals surface area contributed by atoms with Crippen molar-refractivity contribution < 1.29 is 15.0 Å². The molecule has 0 atom stereocenters. The van der Waals surface area contributed by atoms with Gasteiger partial charge in [-0.2, -0.15) is 0 Å². The van der Waals surface area contributed by atoms with E-state index in [2.05, 4.69) is 0 Å². The molecule has 0 aliphatic rings. The van der Waals surface area contributed by atoms with Gasteiger partial charge >= 0.3 is 0 Å². The predicted molar refractivity (Wildman–Crippen MR) is 74.2 cm³/mol. The Morgan fingerprint density at radius 3 is 2.21 bits per heavy atom. The highest BCUT2D eigenvalue weighted by atomic mass is 16.3. The molecule has 0 bridgehead atoms. The summed E-state index contributed by atoms with van der Waals surface area (Å²) in [7, 11) is 0. The molecule has 3 nitrogen and oxygen atoms in total. The number of aromatic hydroxyl groups is 1. The largest absolute Gasteiger partial charge is 0.508 e. The minimum atomic E-state index is -1.38. The first kappa shape index (κ1) is 13.3. The standard InChI is InChI=1S/C16H16O3/c1-16(2,19)15(18)13-5-3-4-12(10-13)11-6-8-14(17)9-7-11/h3-10,17,19H,1-2H3. The van der Waals surface area contributed by atoms with Gasteiger partial charge in [-0.25, -0.2) is 0 Å². The Morgan fingerprint density at radius 1 is 1.00 bits per heavy atom. The van der Waals surface area contributed by atoms with Crippen LogP contribution in [0.3, 0.4) is 0 Å². The number of benzene rings is 2. The topological polar surface area (TPSA) is 57.5 Å². The lowest BCUT2D eigenvalue weighted by Crippen LogP contribution is -2.31. The number of carbonyl (C=O) groups excluding carboxylic acids is 1. The van der Waals surface area contributed by atoms with Crippen molar-refractivity contribution in [1.29, 1.82) is 0 Å². The smallest absolute Gasteiger partial charge is 0.193 e. The summed E-state index contributed by atoms with van der Waals surface area (Å²) < 4.78 is 0. The van der Waals surface area contributed by atoms with Crippen molar-refractivity contribution >= 4 is 5.78 Å². The highest BCUT2D eigenvalue weighted by Gasteiger charge is 2.25. The summed E-state index contributed by atoms with van der Waals surface area (Å²) in [5.74, 6) is -0.111. The fraction of sp³-hybridized carbons (Fsp3) is 0.188. The number of Topliss-reactive ketones (excluding diaryl/α,β-unsaturated/α-hetero) is 1. The van der Waals surface area contributed by atoms with Crippen LogP contribution in [0.5, 0.6) is 5.75 Å². The van der Waals surface area contributed by atoms with E-state index >= 15 is 0 Å². The van der Waals surface area contributed by atoms with Crippen LogP contribution in [0.1, 0.15) is 24.2 Å². The first-order valence-corrected chi connectivity index (χ1v) is 6.04. The lowest BCUT2D eigenvalue weighted by molar-refractivity contribution is 0.0488. The molecule has 0 saturated heterocycles. The third-order valence-corrected chi connectivity index (χ3v) is 2.88. The van der Waals surface area contributed by atoms with Crippen molar-refractivity contribution in [3.8, 4) is 16.9 Å². The number of aliphatic hydroxyl groups is 1. The maximum absolute atomic E-state index is 12.0. The predicted octanol–water partition coefficient (Wildman–Crippen LogP) is 3.01. The summed E-state index contributed by atoms with van der Waals surface area (Å²) in [5.41, 5.74) is 0.865. The molecule has 0 unspecified atom stereocenters. The molecule has 98 valence electrons. The highest BCUT2D eigenvalue weighted by Crippen LogP contribution is 2.24. The molecule has 2 aromatic rings. The quantitative estimate of drug-likeness (QED) is 0.830. The lowest BCUT2D eigenvalue weighted by Gasteiger charge is -2.16. The Hall–Kier alpha value is -2.13. The second kappa shape index (κ2) is 4.86. The van der Waals surface area contributed by atoms with Crippen LogP contribution in [-0.4, -0.2) is 21.6 Å². The van der Waals surface area contributed by atoms with Gasteiger partial charge in [0, 0.05) is 5.56 Å². The third-order valence-electron chi connectivity index (χ3n) is 2.88. The van der Waals surface area contributed by atoms with E-state index < -0.39 is 5.60 Å². The fourth-order valence-electron chi connectivity index (χ4n) is 1.85. The van der Waals surface area contributed by atoms with Gasteiger partial charge in [0.15, 0.2) is 5.78 Å². The highest BCUT2D eigenvalue weighted by molar-refractivity contribution is 6.02. The zero-order valence-corrected chi connectivity index (χ0v) is 10.9. The number of hydrogen-bond donors (Lipinski definition) is 2. The minimum absolute atomic E-state index is 0.201. The molecule has 2 rings (SSSR count). The van der Waals surface area contributed by atoms with E-state index in [9.17, 15) is 15.0 Å². The van der Waals surface area contributed by atoms with E-state index in [1.807, 2.05) is 6.07 Å². The molecule has 0 spiro atoms. The summed E-state index contributed by atoms with van der Waals surface area (Å²) >= 11 is 0. The van der Waals surface area contributed by atoms with Crippen LogP contribution in [0, 0.1) is 0 Å². The van der Waals surface area contributed by atoms with Gasteiger partial charge < -0.3 is 10.2 Å². The summed E-state index contributed by atoms with van der Waals surface area (Å²) in [5, 5.41) is 19.0. The number of phenolic OH excluding ortho intramolecular Hbond substituents is 1. The van der Waals surface area contributed by atoms with Gasteiger partial charge in [0.1, 0.15) is 11.4 Å². The molecule has 3 heteroatoms. The molecule has 2 aromatic carbocycles. The Morgan fingerprint density at radius 2 is 1.63 bits per heavy atom. The number of carbonyl (C=O) groups is 1. The molecule has 0 amide bonds. The average molecular weight is 256 g/mol. The molecular formula is C16H16O3. The van der Waals surface area contributed by atoms with Crippen molar-refractivity contribution in [3.63, 3.8) is 0 Å². The van der Waals surface area contributed by atoms with Crippen LogP contribution in [0.25, 0.3) is 11.1 Å². The minimum Gasteiger partial charge on any atom is -0.508 e. The van der Waals surface area contributed by atoms with Gasteiger partial charge in [-0.15, -0.1) is 0 Å². The Labute approximate surface area is 112 Å². The fourth-order valence-corrected chi connectivity index (χ4v) is 1.85. The van der Waals surface area contributed by atoms with Crippen molar-refractivity contribution in [2.45, 2.75) is 19.4 Å². The first-order chi connectivity index (χ1) is 8.88. The van der Waals surface area contributed by atoms with Gasteiger partial charge in [0.2, 0.25) is 0 Å². The zero-order chi connectivity index (χ0) is 14.0. The number of phenols is 1. The maximum atomic E-state index is 12.0. The maximum Gasteiger partial charge on any atom is 0.193 e. The normalized spacial score (nSPS) is 11.3. The van der Waals surface area contributed by atoms with Crippen LogP contribution in [0.2, 0.25) is 0 Å². The van der Waals surface area contributed by atoms with E-state index in [0.717, 1.165) is 11.1 Å². The summed E-state index contributed by atoms with van der Waals surface area (Å²) in [6.45, 7) is 2.95. The van der Waals surface area contributed by atoms with Gasteiger partial charge in [0.05, 0.1) is 0 Å². The van der Waals surface area contributed by atoms with Crippen molar-refractivity contribution in [2.75, 3.05) is 0 Å². The molecule has 0 radical (unpaired) electrons. The molecule has 19 heavy (non-hydrogen) atoms. The van der Waals surface area contributed by atoms with Crippen LogP contribution < -0.4 is 0 Å². The molecule has 0 aliphatic heterocycles. The van der Waals surface area contributed by atoms with Crippen molar-refractivity contribution in [1.82, 2.24) is 0 Å². The van der Waals surface area contributed by atoms with E-state index in [4.69, 9.17) is 0 Å². The number of rotatable bonds is 3. The second-order valence-corrected chi connectivity index (χ2v) is 5.02. The monoisotopic (exact) mass is 256 g/mol. The Bertz CT molecular complexity index is 592. The Kier molecular flexibility index (Phi) is 3.40. The van der Waals surface area contributed by atoms with Crippen LogP contribution in [0.4, 0.5) is 0 Å². The molecular weight excluding hydrogens is 240 g/mol. The van der Waals surface area contributed by atoms with Crippen LogP contribution >= 0.6 is 0 Å². The van der Waals surface area contributed by atoms with Gasteiger partial charge in [0.25, 0.3) is 0 Å². The summed E-state index contributed by atoms with van der Waals surface area (Å²) in [6.07, 6.45) is 0. The van der Waals surface area contributed by atoms with Crippen LogP contribution in [-0.2, 0) is 0 Å². The number of ketones is 1. The lowest BCUT2D eigenvalue weighted by atomic mass is 9.94. The molecule has 0 aliphatic carbocycles. The van der Waals surface area contributed by atoms with Crippen molar-refractivity contribution in [3.05, 3.63) is 54.1 Å². The summed E-state index contributed by atoms with van der Waals surface area (Å²) in [6, 6.07) is 13.8. The number of hydrogen-bond acceptors (Lipinski definition) is 3. The van der Waals surface area contributed by atoms with Gasteiger partial charge in [-0.05, 0) is 43.2 Å². The molecule has 0 aromatic heterocycles. The van der Waals surface area contributed by atoms with Crippen LogP contribution in [0.15, 0.2) is 48.5 Å². The Balaban J connectivity index is 2.40. The molecule has 0 fully saturated rings. The van der Waals surface area contributed by atoms with E-state index in [1.165, 1.54) is 13.8 Å².